The molecule has 1 aliphatic heterocycles. The topological polar surface area (TPSA) is 67.2 Å². The second kappa shape index (κ2) is 4.59. The van der Waals surface area contributed by atoms with Gasteiger partial charge in [-0.15, -0.1) is 0 Å². The largest absolute Gasteiger partial charge is 0.368 e. The van der Waals surface area contributed by atoms with Gasteiger partial charge in [0.15, 0.2) is 6.29 Å². The molecule has 0 saturated carbocycles. The van der Waals surface area contributed by atoms with Crippen LogP contribution in [0.15, 0.2) is 29.1 Å². The number of imidazole rings is 1. The molecule has 1 fully saturated rings. The number of aliphatic hydroxyl groups is 1. The lowest BCUT2D eigenvalue weighted by Crippen LogP contribution is -2.30. The number of benzene rings is 1. The van der Waals surface area contributed by atoms with Crippen LogP contribution in [0, 0.1) is 5.92 Å². The minimum absolute atomic E-state index is 0.0859. The SMILES string of the molecule is O=c1[nH]c2ccccc2n1CC1CCOC(O)C1. The monoisotopic (exact) mass is 248 g/mol. The summed E-state index contributed by atoms with van der Waals surface area (Å²) in [4.78, 5) is 14.7. The highest BCUT2D eigenvalue weighted by Crippen LogP contribution is 2.21. The van der Waals surface area contributed by atoms with Crippen LogP contribution in [-0.2, 0) is 11.3 Å². The number of aliphatic hydroxyl groups excluding tert-OH is 1. The Bertz CT molecular complexity index is 602. The van der Waals surface area contributed by atoms with Crippen molar-refractivity contribution in [2.45, 2.75) is 25.7 Å². The smallest absolute Gasteiger partial charge is 0.326 e. The summed E-state index contributed by atoms with van der Waals surface area (Å²) in [6.07, 6.45) is 0.777. The van der Waals surface area contributed by atoms with Crippen molar-refractivity contribution < 1.29 is 9.84 Å². The number of aromatic amines is 1. The predicted molar refractivity (Wildman–Crippen MR) is 67.2 cm³/mol. The number of H-pyrrole nitrogens is 1. The van der Waals surface area contributed by atoms with Gasteiger partial charge in [-0.1, -0.05) is 12.1 Å². The lowest BCUT2D eigenvalue weighted by Gasteiger charge is -2.26. The van der Waals surface area contributed by atoms with Gasteiger partial charge < -0.3 is 14.8 Å². The van der Waals surface area contributed by atoms with Gasteiger partial charge >= 0.3 is 5.69 Å². The average Bonchev–Trinajstić information content (AvgIpc) is 2.66. The van der Waals surface area contributed by atoms with E-state index in [-0.39, 0.29) is 11.6 Å². The standard InChI is InChI=1S/C13H16N2O3/c16-12-7-9(5-6-18-12)8-15-11-4-2-1-3-10(11)14-13(15)17/h1-4,9,12,16H,5-8H2,(H,14,17). The Kier molecular flexibility index (Phi) is 2.93. The summed E-state index contributed by atoms with van der Waals surface area (Å²) in [5.74, 6) is 0.283. The first-order valence-corrected chi connectivity index (χ1v) is 6.21. The number of hydrogen-bond acceptors (Lipinski definition) is 3. The average molecular weight is 248 g/mol. The zero-order valence-corrected chi connectivity index (χ0v) is 10.0. The van der Waals surface area contributed by atoms with E-state index in [2.05, 4.69) is 4.98 Å². The van der Waals surface area contributed by atoms with E-state index in [1.165, 1.54) is 0 Å². The highest BCUT2D eigenvalue weighted by atomic mass is 16.6. The van der Waals surface area contributed by atoms with Crippen molar-refractivity contribution in [2.75, 3.05) is 6.61 Å². The predicted octanol–water partition coefficient (Wildman–Crippen LogP) is 1.07. The van der Waals surface area contributed by atoms with Crippen LogP contribution in [0.25, 0.3) is 11.0 Å². The number of aromatic nitrogens is 2. The van der Waals surface area contributed by atoms with Crippen LogP contribution in [0.1, 0.15) is 12.8 Å². The van der Waals surface area contributed by atoms with Gasteiger partial charge in [-0.25, -0.2) is 4.79 Å². The van der Waals surface area contributed by atoms with Gasteiger partial charge in [0, 0.05) is 13.0 Å². The fourth-order valence-corrected chi connectivity index (χ4v) is 2.55. The molecule has 5 nitrogen and oxygen atoms in total. The molecule has 2 unspecified atom stereocenters. The molecule has 96 valence electrons. The quantitative estimate of drug-likeness (QED) is 0.835. The number of nitrogens with zero attached hydrogens (tertiary/aromatic N) is 1. The first-order valence-electron chi connectivity index (χ1n) is 6.21. The molecule has 1 aliphatic rings. The third-order valence-corrected chi connectivity index (χ3v) is 3.49. The molecule has 0 bridgehead atoms. The summed E-state index contributed by atoms with van der Waals surface area (Å²) in [7, 11) is 0. The van der Waals surface area contributed by atoms with Crippen molar-refractivity contribution in [3.63, 3.8) is 0 Å². The van der Waals surface area contributed by atoms with Gasteiger partial charge in [0.25, 0.3) is 0 Å². The van der Waals surface area contributed by atoms with Crippen LogP contribution in [0.5, 0.6) is 0 Å². The highest BCUT2D eigenvalue weighted by molar-refractivity contribution is 5.74. The normalized spacial score (nSPS) is 24.5. The molecule has 0 amide bonds. The number of hydrogen-bond donors (Lipinski definition) is 2. The summed E-state index contributed by atoms with van der Waals surface area (Å²) in [6, 6.07) is 7.65. The molecular formula is C13H16N2O3. The molecular weight excluding hydrogens is 232 g/mol. The van der Waals surface area contributed by atoms with Crippen LogP contribution in [0.4, 0.5) is 0 Å². The Morgan fingerprint density at radius 2 is 2.28 bits per heavy atom. The summed E-state index contributed by atoms with van der Waals surface area (Å²) >= 11 is 0. The molecule has 2 N–H and O–H groups in total. The van der Waals surface area contributed by atoms with Crippen molar-refractivity contribution in [1.82, 2.24) is 9.55 Å². The lowest BCUT2D eigenvalue weighted by atomic mass is 9.99. The van der Waals surface area contributed by atoms with E-state index in [1.54, 1.807) is 4.57 Å². The Morgan fingerprint density at radius 1 is 1.44 bits per heavy atom. The van der Waals surface area contributed by atoms with Crippen molar-refractivity contribution >= 4 is 11.0 Å². The van der Waals surface area contributed by atoms with Crippen LogP contribution in [-0.4, -0.2) is 27.6 Å². The summed E-state index contributed by atoms with van der Waals surface area (Å²) < 4.78 is 6.85. The van der Waals surface area contributed by atoms with Crippen molar-refractivity contribution in [3.8, 4) is 0 Å². The Labute approximate surface area is 104 Å². The maximum atomic E-state index is 11.9. The van der Waals surface area contributed by atoms with Crippen molar-refractivity contribution in [1.29, 1.82) is 0 Å². The molecule has 1 aromatic heterocycles. The van der Waals surface area contributed by atoms with Gasteiger partial charge in [-0.05, 0) is 24.5 Å². The van der Waals surface area contributed by atoms with Crippen LogP contribution in [0.2, 0.25) is 0 Å². The molecule has 2 aromatic rings. The Balaban J connectivity index is 1.90. The molecule has 1 saturated heterocycles. The van der Waals surface area contributed by atoms with Crippen molar-refractivity contribution in [3.05, 3.63) is 34.7 Å². The molecule has 0 radical (unpaired) electrons. The van der Waals surface area contributed by atoms with E-state index in [1.807, 2.05) is 24.3 Å². The van der Waals surface area contributed by atoms with Gasteiger partial charge in [-0.3, -0.25) is 4.57 Å². The van der Waals surface area contributed by atoms with E-state index < -0.39 is 6.29 Å². The number of nitrogens with one attached hydrogen (secondary N) is 1. The van der Waals surface area contributed by atoms with Crippen molar-refractivity contribution in [2.24, 2.45) is 5.92 Å². The summed E-state index contributed by atoms with van der Waals surface area (Å²) in [6.45, 7) is 1.19. The van der Waals surface area contributed by atoms with Gasteiger partial charge in [0.2, 0.25) is 0 Å². The maximum absolute atomic E-state index is 11.9. The zero-order valence-electron chi connectivity index (χ0n) is 10.0. The number of rotatable bonds is 2. The molecule has 2 heterocycles. The van der Waals surface area contributed by atoms with E-state index in [4.69, 9.17) is 4.74 Å². The first kappa shape index (κ1) is 11.5. The van der Waals surface area contributed by atoms with Gasteiger partial charge in [0.05, 0.1) is 17.6 Å². The fraction of sp³-hybridized carbons (Fsp3) is 0.462. The molecule has 0 aliphatic carbocycles. The van der Waals surface area contributed by atoms with E-state index in [0.717, 1.165) is 17.5 Å². The molecule has 18 heavy (non-hydrogen) atoms. The highest BCUT2D eigenvalue weighted by Gasteiger charge is 2.22. The molecule has 1 aromatic carbocycles. The van der Waals surface area contributed by atoms with Gasteiger partial charge in [-0.2, -0.15) is 0 Å². The minimum Gasteiger partial charge on any atom is -0.368 e. The fourth-order valence-electron chi connectivity index (χ4n) is 2.55. The number of fused-ring (bicyclic) bond motifs is 1. The third kappa shape index (κ3) is 2.07. The van der Waals surface area contributed by atoms with E-state index >= 15 is 0 Å². The minimum atomic E-state index is -0.690. The Hall–Kier alpha value is -1.59. The first-order chi connectivity index (χ1) is 8.74. The molecule has 0 spiro atoms. The van der Waals surface area contributed by atoms with E-state index in [9.17, 15) is 9.90 Å². The molecule has 2 atom stereocenters. The zero-order chi connectivity index (χ0) is 12.5. The number of para-hydroxylation sites is 2. The van der Waals surface area contributed by atoms with E-state index in [0.29, 0.717) is 19.6 Å². The second-order valence-corrected chi connectivity index (χ2v) is 4.77. The second-order valence-electron chi connectivity index (χ2n) is 4.77. The third-order valence-electron chi connectivity index (χ3n) is 3.49. The van der Waals surface area contributed by atoms with Crippen LogP contribution in [0.3, 0.4) is 0 Å². The number of ether oxygens (including phenoxy) is 1. The maximum Gasteiger partial charge on any atom is 0.326 e. The summed E-state index contributed by atoms with van der Waals surface area (Å²) in [5.41, 5.74) is 1.69. The van der Waals surface area contributed by atoms with Crippen LogP contribution < -0.4 is 5.69 Å². The molecule has 3 rings (SSSR count). The summed E-state index contributed by atoms with van der Waals surface area (Å²) in [5, 5.41) is 9.47. The lowest BCUT2D eigenvalue weighted by molar-refractivity contribution is -0.139. The molecule has 5 heteroatoms. The van der Waals surface area contributed by atoms with Crippen LogP contribution >= 0.6 is 0 Å². The van der Waals surface area contributed by atoms with Gasteiger partial charge in [0.1, 0.15) is 0 Å². The Morgan fingerprint density at radius 3 is 3.11 bits per heavy atom.